The molecule has 0 aliphatic heterocycles. The average Bonchev–Trinajstić information content (AvgIpc) is 2.61. The van der Waals surface area contributed by atoms with Crippen molar-refractivity contribution in [2.45, 2.75) is 6.92 Å². The Kier molecular flexibility index (Phi) is 5.93. The van der Waals surface area contributed by atoms with Crippen molar-refractivity contribution in [2.75, 3.05) is 18.5 Å². The van der Waals surface area contributed by atoms with Crippen LogP contribution in [0.2, 0.25) is 0 Å². The van der Waals surface area contributed by atoms with Gasteiger partial charge in [-0.15, -0.1) is 0 Å². The first-order valence-electron chi connectivity index (χ1n) is 7.15. The highest BCUT2D eigenvalue weighted by atomic mass is 16.6. The number of ether oxygens (including phenoxy) is 2. The van der Waals surface area contributed by atoms with E-state index in [0.29, 0.717) is 12.4 Å². The Labute approximate surface area is 142 Å². The summed E-state index contributed by atoms with van der Waals surface area (Å²) < 4.78 is 9.96. The van der Waals surface area contributed by atoms with E-state index in [1.165, 1.54) is 36.8 Å². The number of anilines is 1. The van der Waals surface area contributed by atoms with Crippen LogP contribution in [0.3, 0.4) is 0 Å². The highest BCUT2D eigenvalue weighted by Crippen LogP contribution is 2.29. The van der Waals surface area contributed by atoms with Crippen molar-refractivity contribution in [1.29, 1.82) is 0 Å². The van der Waals surface area contributed by atoms with Crippen LogP contribution in [-0.2, 0) is 9.53 Å². The van der Waals surface area contributed by atoms with Crippen LogP contribution in [0.25, 0.3) is 0 Å². The van der Waals surface area contributed by atoms with Crippen LogP contribution in [0.15, 0.2) is 36.8 Å². The first kappa shape index (κ1) is 17.8. The number of rotatable bonds is 7. The largest absolute Gasteiger partial charge is 0.494 e. The van der Waals surface area contributed by atoms with Crippen molar-refractivity contribution in [2.24, 2.45) is 0 Å². The number of hydrogen-bond acceptors (Lipinski definition) is 8. The van der Waals surface area contributed by atoms with Gasteiger partial charge in [0.05, 0.1) is 23.8 Å². The Morgan fingerprint density at radius 1 is 1.32 bits per heavy atom. The number of hydrogen-bond donors (Lipinski definition) is 1. The molecule has 10 heteroatoms. The third-order valence-electron chi connectivity index (χ3n) is 2.86. The van der Waals surface area contributed by atoms with Gasteiger partial charge in [-0.3, -0.25) is 19.9 Å². The summed E-state index contributed by atoms with van der Waals surface area (Å²) in [6.45, 7) is 1.47. The highest BCUT2D eigenvalue weighted by molar-refractivity contribution is 5.96. The third kappa shape index (κ3) is 4.96. The standard InChI is InChI=1S/C15H14N4O6/c1-2-24-10-3-4-11(13(7-10)19(22)23)18-14(20)9-25-15(21)12-8-16-5-6-17-12/h3-8H,2,9H2,1H3,(H,18,20). The van der Waals surface area contributed by atoms with Gasteiger partial charge in [0.25, 0.3) is 11.6 Å². The number of nitrogens with one attached hydrogen (secondary N) is 1. The fraction of sp³-hybridized carbons (Fsp3) is 0.200. The zero-order chi connectivity index (χ0) is 18.2. The van der Waals surface area contributed by atoms with Gasteiger partial charge in [-0.2, -0.15) is 0 Å². The molecule has 2 aromatic rings. The molecular formula is C15H14N4O6. The van der Waals surface area contributed by atoms with Crippen molar-refractivity contribution in [1.82, 2.24) is 9.97 Å². The predicted octanol–water partition coefficient (Wildman–Crippen LogP) is 1.58. The van der Waals surface area contributed by atoms with Gasteiger partial charge in [-0.05, 0) is 19.1 Å². The smallest absolute Gasteiger partial charge is 0.359 e. The van der Waals surface area contributed by atoms with Crippen molar-refractivity contribution in [3.63, 3.8) is 0 Å². The van der Waals surface area contributed by atoms with Crippen molar-refractivity contribution in [3.05, 3.63) is 52.6 Å². The SMILES string of the molecule is CCOc1ccc(NC(=O)COC(=O)c2cnccn2)c([N+](=O)[O-])c1. The maximum atomic E-state index is 11.9. The van der Waals surface area contributed by atoms with Gasteiger partial charge < -0.3 is 14.8 Å². The number of amides is 1. The lowest BCUT2D eigenvalue weighted by molar-refractivity contribution is -0.384. The summed E-state index contributed by atoms with van der Waals surface area (Å²) >= 11 is 0. The van der Waals surface area contributed by atoms with Crippen LogP contribution in [0.5, 0.6) is 5.75 Å². The quantitative estimate of drug-likeness (QED) is 0.454. The van der Waals surface area contributed by atoms with Gasteiger partial charge in [0, 0.05) is 12.4 Å². The molecule has 2 rings (SSSR count). The van der Waals surface area contributed by atoms with Gasteiger partial charge in [-0.1, -0.05) is 0 Å². The molecule has 0 spiro atoms. The van der Waals surface area contributed by atoms with E-state index in [1.807, 2.05) is 0 Å². The summed E-state index contributed by atoms with van der Waals surface area (Å²) in [6, 6.07) is 4.02. The van der Waals surface area contributed by atoms with Gasteiger partial charge in [-0.25, -0.2) is 9.78 Å². The van der Waals surface area contributed by atoms with E-state index in [4.69, 9.17) is 9.47 Å². The van der Waals surface area contributed by atoms with Gasteiger partial charge in [0.2, 0.25) is 0 Å². The number of nitrogens with zero attached hydrogens (tertiary/aromatic N) is 3. The molecule has 25 heavy (non-hydrogen) atoms. The Morgan fingerprint density at radius 2 is 2.12 bits per heavy atom. The lowest BCUT2D eigenvalue weighted by Gasteiger charge is -2.08. The number of benzene rings is 1. The molecule has 1 N–H and O–H groups in total. The predicted molar refractivity (Wildman–Crippen MR) is 85.2 cm³/mol. The molecule has 0 radical (unpaired) electrons. The summed E-state index contributed by atoms with van der Waals surface area (Å²) in [4.78, 5) is 41.4. The number of carbonyl (C=O) groups is 2. The van der Waals surface area contributed by atoms with E-state index in [0.717, 1.165) is 0 Å². The fourth-order valence-electron chi connectivity index (χ4n) is 1.82. The molecule has 0 saturated heterocycles. The Hall–Kier alpha value is -3.56. The molecule has 130 valence electrons. The number of nitro groups is 1. The average molecular weight is 346 g/mol. The molecule has 0 saturated carbocycles. The van der Waals surface area contributed by atoms with Crippen LogP contribution < -0.4 is 10.1 Å². The van der Waals surface area contributed by atoms with Crippen LogP contribution in [0.1, 0.15) is 17.4 Å². The van der Waals surface area contributed by atoms with E-state index in [1.54, 1.807) is 6.92 Å². The minimum absolute atomic E-state index is 0.0333. The fourth-order valence-corrected chi connectivity index (χ4v) is 1.82. The molecular weight excluding hydrogens is 332 g/mol. The van der Waals surface area contributed by atoms with E-state index in [2.05, 4.69) is 15.3 Å². The Balaban J connectivity index is 2.00. The molecule has 0 atom stereocenters. The summed E-state index contributed by atoms with van der Waals surface area (Å²) in [6.07, 6.45) is 3.88. The van der Waals surface area contributed by atoms with E-state index in [-0.39, 0.29) is 17.1 Å². The second kappa shape index (κ2) is 8.34. The molecule has 0 unspecified atom stereocenters. The maximum Gasteiger partial charge on any atom is 0.359 e. The van der Waals surface area contributed by atoms with Crippen molar-refractivity contribution >= 4 is 23.3 Å². The molecule has 1 aromatic heterocycles. The number of aromatic nitrogens is 2. The van der Waals surface area contributed by atoms with E-state index in [9.17, 15) is 19.7 Å². The summed E-state index contributed by atoms with van der Waals surface area (Å²) in [5.74, 6) is -1.25. The molecule has 0 aliphatic rings. The summed E-state index contributed by atoms with van der Waals surface area (Å²) in [7, 11) is 0. The van der Waals surface area contributed by atoms with Crippen LogP contribution in [0.4, 0.5) is 11.4 Å². The van der Waals surface area contributed by atoms with Crippen LogP contribution in [0, 0.1) is 10.1 Å². The summed E-state index contributed by atoms with van der Waals surface area (Å²) in [5.41, 5.74) is -0.420. The van der Waals surface area contributed by atoms with E-state index >= 15 is 0 Å². The molecule has 1 aromatic carbocycles. The summed E-state index contributed by atoms with van der Waals surface area (Å²) in [5, 5.41) is 13.4. The molecule has 10 nitrogen and oxygen atoms in total. The Morgan fingerprint density at radius 3 is 2.76 bits per heavy atom. The third-order valence-corrected chi connectivity index (χ3v) is 2.86. The molecule has 0 bridgehead atoms. The van der Waals surface area contributed by atoms with Crippen molar-refractivity contribution < 1.29 is 24.0 Å². The minimum Gasteiger partial charge on any atom is -0.494 e. The van der Waals surface area contributed by atoms with Crippen LogP contribution in [-0.4, -0.2) is 40.0 Å². The normalized spacial score (nSPS) is 9.96. The zero-order valence-electron chi connectivity index (χ0n) is 13.2. The first-order chi connectivity index (χ1) is 12.0. The second-order valence-electron chi connectivity index (χ2n) is 4.58. The maximum absolute atomic E-state index is 11.9. The lowest BCUT2D eigenvalue weighted by Crippen LogP contribution is -2.21. The number of carbonyl (C=O) groups excluding carboxylic acids is 2. The van der Waals surface area contributed by atoms with Gasteiger partial charge >= 0.3 is 5.97 Å². The molecule has 1 amide bonds. The number of nitro benzene ring substituents is 1. The van der Waals surface area contributed by atoms with Gasteiger partial charge in [0.1, 0.15) is 11.4 Å². The molecule has 1 heterocycles. The Bertz CT molecular complexity index is 781. The topological polar surface area (TPSA) is 134 Å². The van der Waals surface area contributed by atoms with Crippen LogP contribution >= 0.6 is 0 Å². The highest BCUT2D eigenvalue weighted by Gasteiger charge is 2.18. The van der Waals surface area contributed by atoms with Gasteiger partial charge in [0.15, 0.2) is 12.3 Å². The van der Waals surface area contributed by atoms with Crippen molar-refractivity contribution in [3.8, 4) is 5.75 Å². The first-order valence-corrected chi connectivity index (χ1v) is 7.15. The second-order valence-corrected chi connectivity index (χ2v) is 4.58. The number of esters is 1. The van der Waals surface area contributed by atoms with E-state index < -0.39 is 23.4 Å². The minimum atomic E-state index is -0.829. The molecule has 0 aliphatic carbocycles. The molecule has 0 fully saturated rings. The lowest BCUT2D eigenvalue weighted by atomic mass is 10.2. The monoisotopic (exact) mass is 346 g/mol. The zero-order valence-corrected chi connectivity index (χ0v) is 13.2.